The number of rotatable bonds is 1. The number of hydrogen-bond acceptors (Lipinski definition) is 3. The standard InChI is InChI=1S/C12H16FN3O/c1-9-8-16(6-5-15(9)2)12(17)10-3-4-11(13)14-7-10/h3-4,7,9H,5-6,8H2,1-2H3. The Labute approximate surface area is 100 Å². The van der Waals surface area contributed by atoms with Crippen LogP contribution in [0.15, 0.2) is 18.3 Å². The van der Waals surface area contributed by atoms with Crippen LogP contribution in [0.4, 0.5) is 4.39 Å². The van der Waals surface area contributed by atoms with Gasteiger partial charge in [0.2, 0.25) is 5.95 Å². The average molecular weight is 237 g/mol. The molecule has 1 aromatic rings. The molecule has 0 spiro atoms. The molecule has 1 fully saturated rings. The van der Waals surface area contributed by atoms with Crippen LogP contribution >= 0.6 is 0 Å². The van der Waals surface area contributed by atoms with E-state index in [0.717, 1.165) is 6.54 Å². The predicted molar refractivity (Wildman–Crippen MR) is 62.2 cm³/mol. The highest BCUT2D eigenvalue weighted by atomic mass is 19.1. The third-order valence-electron chi connectivity index (χ3n) is 3.22. The Balaban J connectivity index is 2.08. The summed E-state index contributed by atoms with van der Waals surface area (Å²) in [6.07, 6.45) is 1.29. The van der Waals surface area contributed by atoms with Crippen molar-refractivity contribution in [3.63, 3.8) is 0 Å². The second-order valence-corrected chi connectivity index (χ2v) is 4.45. The first-order chi connectivity index (χ1) is 8.08. The summed E-state index contributed by atoms with van der Waals surface area (Å²) in [5.41, 5.74) is 0.447. The second kappa shape index (κ2) is 4.79. The Bertz CT molecular complexity index is 407. The molecule has 0 aromatic carbocycles. The van der Waals surface area contributed by atoms with Gasteiger partial charge in [-0.2, -0.15) is 4.39 Å². The maximum Gasteiger partial charge on any atom is 0.255 e. The van der Waals surface area contributed by atoms with Crippen LogP contribution in [0, 0.1) is 5.95 Å². The van der Waals surface area contributed by atoms with Crippen molar-refractivity contribution in [3.05, 3.63) is 29.8 Å². The van der Waals surface area contributed by atoms with E-state index in [2.05, 4.69) is 16.8 Å². The molecule has 5 heteroatoms. The minimum absolute atomic E-state index is 0.0718. The summed E-state index contributed by atoms with van der Waals surface area (Å²) in [6, 6.07) is 3.04. The highest BCUT2D eigenvalue weighted by Gasteiger charge is 2.25. The Hall–Kier alpha value is -1.49. The molecule has 92 valence electrons. The maximum atomic E-state index is 12.7. The summed E-state index contributed by atoms with van der Waals surface area (Å²) >= 11 is 0. The molecule has 0 aliphatic carbocycles. The first kappa shape index (κ1) is 12.0. The van der Waals surface area contributed by atoms with Crippen LogP contribution in [0.3, 0.4) is 0 Å². The minimum Gasteiger partial charge on any atom is -0.336 e. The summed E-state index contributed by atoms with van der Waals surface area (Å²) in [4.78, 5) is 19.6. The summed E-state index contributed by atoms with van der Waals surface area (Å²) < 4.78 is 12.7. The van der Waals surface area contributed by atoms with Crippen LogP contribution in [0.1, 0.15) is 17.3 Å². The van der Waals surface area contributed by atoms with Gasteiger partial charge in [-0.3, -0.25) is 4.79 Å². The van der Waals surface area contributed by atoms with Gasteiger partial charge in [0.05, 0.1) is 5.56 Å². The van der Waals surface area contributed by atoms with Gasteiger partial charge in [-0.05, 0) is 26.1 Å². The van der Waals surface area contributed by atoms with E-state index in [1.54, 1.807) is 4.90 Å². The zero-order valence-corrected chi connectivity index (χ0v) is 10.1. The number of hydrogen-bond donors (Lipinski definition) is 0. The van der Waals surface area contributed by atoms with Crippen LogP contribution in [0.2, 0.25) is 0 Å². The molecule has 1 aliphatic heterocycles. The average Bonchev–Trinajstić information content (AvgIpc) is 2.33. The van der Waals surface area contributed by atoms with Gasteiger partial charge in [0.15, 0.2) is 0 Å². The van der Waals surface area contributed by atoms with Crippen molar-refractivity contribution in [2.24, 2.45) is 0 Å². The van der Waals surface area contributed by atoms with E-state index < -0.39 is 5.95 Å². The lowest BCUT2D eigenvalue weighted by Gasteiger charge is -2.37. The van der Waals surface area contributed by atoms with E-state index in [1.165, 1.54) is 18.3 Å². The van der Waals surface area contributed by atoms with Gasteiger partial charge in [0, 0.05) is 31.9 Å². The SMILES string of the molecule is CC1CN(C(=O)c2ccc(F)nc2)CCN1C. The van der Waals surface area contributed by atoms with E-state index in [1.807, 2.05) is 7.05 Å². The van der Waals surface area contributed by atoms with Gasteiger partial charge in [0.25, 0.3) is 5.91 Å². The summed E-state index contributed by atoms with van der Waals surface area (Å²) in [5, 5.41) is 0. The number of halogens is 1. The number of carbonyl (C=O) groups is 1. The fourth-order valence-corrected chi connectivity index (χ4v) is 1.92. The molecular weight excluding hydrogens is 221 g/mol. The lowest BCUT2D eigenvalue weighted by atomic mass is 10.1. The van der Waals surface area contributed by atoms with Crippen molar-refractivity contribution >= 4 is 5.91 Å². The molecule has 0 bridgehead atoms. The van der Waals surface area contributed by atoms with Crippen LogP contribution in [0.25, 0.3) is 0 Å². The van der Waals surface area contributed by atoms with Crippen molar-refractivity contribution in [1.29, 1.82) is 0 Å². The highest BCUT2D eigenvalue weighted by molar-refractivity contribution is 5.93. The molecular formula is C12H16FN3O. The first-order valence-electron chi connectivity index (χ1n) is 5.69. The zero-order chi connectivity index (χ0) is 12.4. The summed E-state index contributed by atoms with van der Waals surface area (Å²) in [7, 11) is 2.05. The van der Waals surface area contributed by atoms with Gasteiger partial charge >= 0.3 is 0 Å². The molecule has 1 amide bonds. The van der Waals surface area contributed by atoms with Crippen molar-refractivity contribution in [2.45, 2.75) is 13.0 Å². The topological polar surface area (TPSA) is 36.4 Å². The van der Waals surface area contributed by atoms with E-state index in [4.69, 9.17) is 0 Å². The maximum absolute atomic E-state index is 12.7. The van der Waals surface area contributed by atoms with Crippen molar-refractivity contribution < 1.29 is 9.18 Å². The number of amides is 1. The number of carbonyl (C=O) groups excluding carboxylic acids is 1. The number of likely N-dealkylation sites (N-methyl/N-ethyl adjacent to an activating group) is 1. The van der Waals surface area contributed by atoms with E-state index in [-0.39, 0.29) is 5.91 Å². The summed E-state index contributed by atoms with van der Waals surface area (Å²) in [5.74, 6) is -0.634. The third kappa shape index (κ3) is 2.61. The number of pyridine rings is 1. The molecule has 2 rings (SSSR count). The first-order valence-corrected chi connectivity index (χ1v) is 5.69. The van der Waals surface area contributed by atoms with Crippen LogP contribution < -0.4 is 0 Å². The number of aromatic nitrogens is 1. The molecule has 4 nitrogen and oxygen atoms in total. The van der Waals surface area contributed by atoms with Crippen LogP contribution in [-0.2, 0) is 0 Å². The largest absolute Gasteiger partial charge is 0.336 e. The Kier molecular flexibility index (Phi) is 3.38. The molecule has 1 aromatic heterocycles. The Morgan fingerprint density at radius 3 is 2.82 bits per heavy atom. The molecule has 17 heavy (non-hydrogen) atoms. The fraction of sp³-hybridized carbons (Fsp3) is 0.500. The van der Waals surface area contributed by atoms with Crippen molar-refractivity contribution in [1.82, 2.24) is 14.8 Å². The molecule has 0 radical (unpaired) electrons. The third-order valence-corrected chi connectivity index (χ3v) is 3.22. The normalized spacial score (nSPS) is 21.6. The Morgan fingerprint density at radius 2 is 2.24 bits per heavy atom. The molecule has 1 unspecified atom stereocenters. The molecule has 0 saturated carbocycles. The molecule has 1 atom stereocenters. The lowest BCUT2D eigenvalue weighted by molar-refractivity contribution is 0.0572. The smallest absolute Gasteiger partial charge is 0.255 e. The fourth-order valence-electron chi connectivity index (χ4n) is 1.92. The van der Waals surface area contributed by atoms with E-state index in [0.29, 0.717) is 24.7 Å². The quantitative estimate of drug-likeness (QED) is 0.684. The van der Waals surface area contributed by atoms with Gasteiger partial charge in [-0.25, -0.2) is 4.98 Å². The minimum atomic E-state index is -0.562. The van der Waals surface area contributed by atoms with Crippen molar-refractivity contribution in [2.75, 3.05) is 26.7 Å². The highest BCUT2D eigenvalue weighted by Crippen LogP contribution is 2.11. The van der Waals surface area contributed by atoms with Gasteiger partial charge in [0.1, 0.15) is 0 Å². The number of piperazine rings is 1. The molecule has 0 N–H and O–H groups in total. The van der Waals surface area contributed by atoms with Crippen molar-refractivity contribution in [3.8, 4) is 0 Å². The monoisotopic (exact) mass is 237 g/mol. The molecule has 2 heterocycles. The van der Waals surface area contributed by atoms with Crippen LogP contribution in [-0.4, -0.2) is 53.4 Å². The van der Waals surface area contributed by atoms with Gasteiger partial charge in [-0.1, -0.05) is 0 Å². The Morgan fingerprint density at radius 1 is 1.47 bits per heavy atom. The zero-order valence-electron chi connectivity index (χ0n) is 10.1. The molecule has 1 saturated heterocycles. The predicted octanol–water partition coefficient (Wildman–Crippen LogP) is 0.997. The number of nitrogens with zero attached hydrogens (tertiary/aromatic N) is 3. The van der Waals surface area contributed by atoms with Gasteiger partial charge < -0.3 is 9.80 Å². The lowest BCUT2D eigenvalue weighted by Crippen LogP contribution is -2.52. The summed E-state index contributed by atoms with van der Waals surface area (Å²) in [6.45, 7) is 4.35. The molecule has 1 aliphatic rings. The van der Waals surface area contributed by atoms with Gasteiger partial charge in [-0.15, -0.1) is 0 Å². The van der Waals surface area contributed by atoms with Crippen LogP contribution in [0.5, 0.6) is 0 Å². The van der Waals surface area contributed by atoms with E-state index >= 15 is 0 Å². The van der Waals surface area contributed by atoms with E-state index in [9.17, 15) is 9.18 Å². The second-order valence-electron chi connectivity index (χ2n) is 4.45.